The molecule has 2 unspecified atom stereocenters. The molecule has 0 aromatic heterocycles. The summed E-state index contributed by atoms with van der Waals surface area (Å²) in [6.45, 7) is 3.31. The number of rotatable bonds is 7. The van der Waals surface area contributed by atoms with Gasteiger partial charge in [-0.2, -0.15) is 13.2 Å². The average molecular weight is 283 g/mol. The molecule has 0 aliphatic carbocycles. The van der Waals surface area contributed by atoms with Crippen LogP contribution in [0.3, 0.4) is 0 Å². The number of amides is 1. The van der Waals surface area contributed by atoms with Gasteiger partial charge in [-0.15, -0.1) is 0 Å². The number of likely N-dealkylation sites (N-methyl/N-ethyl adjacent to an activating group) is 1. The molecule has 19 heavy (non-hydrogen) atoms. The van der Waals surface area contributed by atoms with Crippen LogP contribution in [0.5, 0.6) is 0 Å². The highest BCUT2D eigenvalue weighted by Gasteiger charge is 2.46. The maximum atomic E-state index is 13.1. The van der Waals surface area contributed by atoms with Gasteiger partial charge in [0.05, 0.1) is 6.54 Å². The van der Waals surface area contributed by atoms with Crippen molar-refractivity contribution in [2.75, 3.05) is 27.2 Å². The van der Waals surface area contributed by atoms with Gasteiger partial charge in [-0.3, -0.25) is 9.69 Å². The number of carbonyl (C=O) groups is 1. The van der Waals surface area contributed by atoms with Crippen molar-refractivity contribution in [2.24, 2.45) is 5.73 Å². The summed E-state index contributed by atoms with van der Waals surface area (Å²) in [5.74, 6) is -0.356. The SMILES string of the molecule is CCCN(CC(=O)N(C)C)C(C(N)CC)C(F)(F)F. The van der Waals surface area contributed by atoms with Gasteiger partial charge in [0.25, 0.3) is 0 Å². The zero-order valence-electron chi connectivity index (χ0n) is 12.0. The molecule has 0 aromatic rings. The molecule has 0 bridgehead atoms. The third kappa shape index (κ3) is 5.78. The lowest BCUT2D eigenvalue weighted by Gasteiger charge is -2.36. The van der Waals surface area contributed by atoms with Crippen LogP contribution in [0.15, 0.2) is 0 Å². The predicted molar refractivity (Wildman–Crippen MR) is 68.7 cm³/mol. The Bertz CT molecular complexity index is 282. The second-order valence-corrected chi connectivity index (χ2v) is 4.82. The van der Waals surface area contributed by atoms with E-state index in [1.54, 1.807) is 13.8 Å². The van der Waals surface area contributed by atoms with Gasteiger partial charge in [-0.1, -0.05) is 13.8 Å². The number of hydrogen-bond donors (Lipinski definition) is 1. The number of nitrogens with two attached hydrogens (primary N) is 1. The predicted octanol–water partition coefficient (Wildman–Crippen LogP) is 1.45. The van der Waals surface area contributed by atoms with Crippen molar-refractivity contribution in [1.82, 2.24) is 9.80 Å². The summed E-state index contributed by atoms with van der Waals surface area (Å²) in [6, 6.07) is -2.80. The minimum absolute atomic E-state index is 0.192. The van der Waals surface area contributed by atoms with Crippen molar-refractivity contribution >= 4 is 5.91 Å². The van der Waals surface area contributed by atoms with E-state index in [1.165, 1.54) is 19.0 Å². The van der Waals surface area contributed by atoms with Crippen molar-refractivity contribution in [2.45, 2.75) is 44.9 Å². The second kappa shape index (κ2) is 7.69. The lowest BCUT2D eigenvalue weighted by atomic mass is 10.0. The normalized spacial score (nSPS) is 15.4. The van der Waals surface area contributed by atoms with E-state index in [4.69, 9.17) is 5.73 Å². The van der Waals surface area contributed by atoms with Crippen molar-refractivity contribution in [3.63, 3.8) is 0 Å². The Morgan fingerprint density at radius 2 is 1.79 bits per heavy atom. The summed E-state index contributed by atoms with van der Waals surface area (Å²) in [5.41, 5.74) is 5.60. The van der Waals surface area contributed by atoms with Crippen molar-refractivity contribution < 1.29 is 18.0 Å². The molecule has 2 N–H and O–H groups in total. The molecule has 0 rings (SSSR count). The van der Waals surface area contributed by atoms with E-state index in [0.29, 0.717) is 6.42 Å². The van der Waals surface area contributed by atoms with Gasteiger partial charge in [-0.05, 0) is 19.4 Å². The fourth-order valence-corrected chi connectivity index (χ4v) is 1.86. The molecule has 0 aromatic carbocycles. The summed E-state index contributed by atoms with van der Waals surface area (Å²) in [7, 11) is 3.05. The molecule has 0 fully saturated rings. The zero-order valence-corrected chi connectivity index (χ0v) is 12.0. The molecule has 0 saturated heterocycles. The average Bonchev–Trinajstić information content (AvgIpc) is 2.26. The summed E-state index contributed by atoms with van der Waals surface area (Å²) < 4.78 is 39.4. The fraction of sp³-hybridized carbons (Fsp3) is 0.917. The molecule has 0 aliphatic heterocycles. The molecule has 7 heteroatoms. The standard InChI is InChI=1S/C12H24F3N3O/c1-5-7-18(8-10(19)17(3)4)11(9(16)6-2)12(13,14)15/h9,11H,5-8,16H2,1-4H3. The second-order valence-electron chi connectivity index (χ2n) is 4.82. The van der Waals surface area contributed by atoms with E-state index >= 15 is 0 Å². The van der Waals surface area contributed by atoms with Crippen LogP contribution in [0, 0.1) is 0 Å². The van der Waals surface area contributed by atoms with Crippen LogP contribution in [0.1, 0.15) is 26.7 Å². The molecular weight excluding hydrogens is 259 g/mol. The van der Waals surface area contributed by atoms with Crippen LogP contribution in [0.2, 0.25) is 0 Å². The fourth-order valence-electron chi connectivity index (χ4n) is 1.86. The highest BCUT2D eigenvalue weighted by molar-refractivity contribution is 5.77. The molecule has 4 nitrogen and oxygen atoms in total. The van der Waals surface area contributed by atoms with E-state index in [-0.39, 0.29) is 25.4 Å². The van der Waals surface area contributed by atoms with Gasteiger partial charge in [-0.25, -0.2) is 0 Å². The van der Waals surface area contributed by atoms with Crippen LogP contribution in [-0.4, -0.2) is 61.2 Å². The number of nitrogens with zero attached hydrogens (tertiary/aromatic N) is 2. The quantitative estimate of drug-likeness (QED) is 0.769. The first-order chi connectivity index (χ1) is 8.65. The Labute approximate surface area is 112 Å². The Morgan fingerprint density at radius 1 is 1.26 bits per heavy atom. The highest BCUT2D eigenvalue weighted by atomic mass is 19.4. The molecule has 1 amide bonds. The lowest BCUT2D eigenvalue weighted by Crippen LogP contribution is -2.58. The van der Waals surface area contributed by atoms with E-state index in [0.717, 1.165) is 4.90 Å². The molecule has 0 spiro atoms. The van der Waals surface area contributed by atoms with Gasteiger partial charge in [0, 0.05) is 20.1 Å². The number of halogens is 3. The Hall–Kier alpha value is -0.820. The Morgan fingerprint density at radius 3 is 2.11 bits per heavy atom. The van der Waals surface area contributed by atoms with Crippen LogP contribution >= 0.6 is 0 Å². The van der Waals surface area contributed by atoms with Gasteiger partial charge < -0.3 is 10.6 Å². The lowest BCUT2D eigenvalue weighted by molar-refractivity contribution is -0.190. The first-order valence-corrected chi connectivity index (χ1v) is 6.41. The van der Waals surface area contributed by atoms with E-state index in [9.17, 15) is 18.0 Å². The van der Waals surface area contributed by atoms with Crippen LogP contribution < -0.4 is 5.73 Å². The molecule has 0 heterocycles. The summed E-state index contributed by atoms with van der Waals surface area (Å²) in [6.07, 6.45) is -3.69. The third-order valence-electron chi connectivity index (χ3n) is 2.95. The van der Waals surface area contributed by atoms with E-state index in [2.05, 4.69) is 0 Å². The minimum Gasteiger partial charge on any atom is -0.348 e. The van der Waals surface area contributed by atoms with Crippen molar-refractivity contribution in [3.05, 3.63) is 0 Å². The first kappa shape index (κ1) is 18.2. The van der Waals surface area contributed by atoms with Crippen LogP contribution in [-0.2, 0) is 4.79 Å². The molecule has 0 aliphatic rings. The van der Waals surface area contributed by atoms with Crippen LogP contribution in [0.4, 0.5) is 13.2 Å². The van der Waals surface area contributed by atoms with E-state index in [1.807, 2.05) is 0 Å². The molecule has 0 radical (unpaired) electrons. The van der Waals surface area contributed by atoms with Gasteiger partial charge >= 0.3 is 6.18 Å². The smallest absolute Gasteiger partial charge is 0.348 e. The van der Waals surface area contributed by atoms with Gasteiger partial charge in [0.2, 0.25) is 5.91 Å². The maximum Gasteiger partial charge on any atom is 0.405 e. The van der Waals surface area contributed by atoms with Gasteiger partial charge in [0.15, 0.2) is 0 Å². The zero-order chi connectivity index (χ0) is 15.2. The van der Waals surface area contributed by atoms with Crippen LogP contribution in [0.25, 0.3) is 0 Å². The summed E-state index contributed by atoms with van der Waals surface area (Å²) >= 11 is 0. The molecule has 114 valence electrons. The Kier molecular flexibility index (Phi) is 7.36. The third-order valence-corrected chi connectivity index (χ3v) is 2.95. The summed E-state index contributed by atoms with van der Waals surface area (Å²) in [5, 5.41) is 0. The number of carbonyl (C=O) groups excluding carboxylic acids is 1. The highest BCUT2D eigenvalue weighted by Crippen LogP contribution is 2.28. The van der Waals surface area contributed by atoms with E-state index < -0.39 is 18.3 Å². The first-order valence-electron chi connectivity index (χ1n) is 6.41. The Balaban J connectivity index is 5.11. The summed E-state index contributed by atoms with van der Waals surface area (Å²) in [4.78, 5) is 14.1. The van der Waals surface area contributed by atoms with Gasteiger partial charge in [0.1, 0.15) is 6.04 Å². The monoisotopic (exact) mass is 283 g/mol. The molecular formula is C12H24F3N3O. The topological polar surface area (TPSA) is 49.6 Å². The number of alkyl halides is 3. The largest absolute Gasteiger partial charge is 0.405 e. The number of hydrogen-bond acceptors (Lipinski definition) is 3. The maximum absolute atomic E-state index is 13.1. The molecule has 2 atom stereocenters. The van der Waals surface area contributed by atoms with Crippen molar-refractivity contribution in [3.8, 4) is 0 Å². The minimum atomic E-state index is -4.43. The molecule has 0 saturated carbocycles. The van der Waals surface area contributed by atoms with Crippen molar-refractivity contribution in [1.29, 1.82) is 0 Å².